The maximum absolute atomic E-state index is 11.1. The number of carboxylic acid groups (broad SMARTS) is 1. The largest absolute Gasteiger partial charge is 0.480 e. The van der Waals surface area contributed by atoms with Crippen LogP contribution in [0, 0.1) is 5.41 Å². The Balaban J connectivity index is 2.37. The molecule has 2 bridgehead atoms. The zero-order valence-corrected chi connectivity index (χ0v) is 5.96. The maximum Gasteiger partial charge on any atom is 0.319 e. The van der Waals surface area contributed by atoms with E-state index in [4.69, 9.17) is 5.11 Å². The molecule has 1 aliphatic heterocycles. The van der Waals surface area contributed by atoms with Gasteiger partial charge in [-0.3, -0.25) is 9.59 Å². The van der Waals surface area contributed by atoms with E-state index in [0.717, 1.165) is 6.42 Å². The average molecular weight is 155 g/mol. The number of rotatable bonds is 1. The Bertz CT molecular complexity index is 238. The Kier molecular flexibility index (Phi) is 1.06. The van der Waals surface area contributed by atoms with Gasteiger partial charge in [0.15, 0.2) is 0 Å². The smallest absolute Gasteiger partial charge is 0.319 e. The molecular weight excluding hydrogens is 146 g/mol. The number of carboxylic acids is 1. The van der Waals surface area contributed by atoms with Crippen molar-refractivity contribution in [2.24, 2.45) is 5.41 Å². The molecule has 2 atom stereocenters. The Morgan fingerprint density at radius 1 is 1.73 bits per heavy atom. The van der Waals surface area contributed by atoms with Crippen LogP contribution in [0.3, 0.4) is 0 Å². The fourth-order valence-corrected chi connectivity index (χ4v) is 1.99. The third-order valence-corrected chi connectivity index (χ3v) is 2.69. The van der Waals surface area contributed by atoms with Crippen LogP contribution in [0.1, 0.15) is 19.3 Å². The zero-order chi connectivity index (χ0) is 8.06. The molecule has 0 aromatic heterocycles. The molecule has 11 heavy (non-hydrogen) atoms. The Morgan fingerprint density at radius 3 is 2.73 bits per heavy atom. The molecule has 2 aliphatic rings. The van der Waals surface area contributed by atoms with Gasteiger partial charge in [0.05, 0.1) is 0 Å². The molecule has 1 amide bonds. The number of hydrogen-bond donors (Lipinski definition) is 2. The van der Waals surface area contributed by atoms with Gasteiger partial charge in [-0.05, 0) is 19.3 Å². The van der Waals surface area contributed by atoms with Gasteiger partial charge >= 0.3 is 5.97 Å². The first-order valence-corrected chi connectivity index (χ1v) is 3.69. The lowest BCUT2D eigenvalue weighted by atomic mass is 9.87. The van der Waals surface area contributed by atoms with E-state index < -0.39 is 11.4 Å². The zero-order valence-electron chi connectivity index (χ0n) is 5.96. The third kappa shape index (κ3) is 0.640. The summed E-state index contributed by atoms with van der Waals surface area (Å²) in [7, 11) is 0. The molecule has 4 nitrogen and oxygen atoms in total. The average Bonchev–Trinajstić information content (AvgIpc) is 2.43. The van der Waals surface area contributed by atoms with Crippen molar-refractivity contribution >= 4 is 11.9 Å². The van der Waals surface area contributed by atoms with Crippen LogP contribution in [-0.4, -0.2) is 23.0 Å². The highest BCUT2D eigenvalue weighted by molar-refractivity contribution is 6.04. The molecule has 0 aromatic rings. The molecule has 4 heteroatoms. The maximum atomic E-state index is 11.1. The standard InChI is InChI=1S/C7H9NO3/c9-5-7(6(10)11)2-1-4(3-7)8-5/h4H,1-3H2,(H,8,9)(H,10,11). The van der Waals surface area contributed by atoms with Crippen LogP contribution in [0.2, 0.25) is 0 Å². The van der Waals surface area contributed by atoms with Gasteiger partial charge in [-0.25, -0.2) is 0 Å². The summed E-state index contributed by atoms with van der Waals surface area (Å²) in [5.41, 5.74) is -1.06. The number of aliphatic carboxylic acids is 1. The molecule has 1 aliphatic carbocycles. The normalized spacial score (nSPS) is 40.7. The second-order valence-electron chi connectivity index (χ2n) is 3.30. The SMILES string of the molecule is O=C(O)C12CCC(C1)NC2=O. The summed E-state index contributed by atoms with van der Waals surface area (Å²) < 4.78 is 0. The lowest BCUT2D eigenvalue weighted by Gasteiger charge is -2.18. The first kappa shape index (κ1) is 6.64. The fourth-order valence-electron chi connectivity index (χ4n) is 1.99. The van der Waals surface area contributed by atoms with Crippen LogP contribution in [-0.2, 0) is 9.59 Å². The molecule has 0 radical (unpaired) electrons. The van der Waals surface area contributed by atoms with Crippen LogP contribution < -0.4 is 5.32 Å². The third-order valence-electron chi connectivity index (χ3n) is 2.69. The minimum absolute atomic E-state index is 0.124. The number of fused-ring (bicyclic) bond motifs is 2. The lowest BCUT2D eigenvalue weighted by molar-refractivity contribution is -0.153. The van der Waals surface area contributed by atoms with Crippen LogP contribution in [0.4, 0.5) is 0 Å². The van der Waals surface area contributed by atoms with Crippen molar-refractivity contribution in [3.05, 3.63) is 0 Å². The van der Waals surface area contributed by atoms with Gasteiger partial charge in [-0.2, -0.15) is 0 Å². The van der Waals surface area contributed by atoms with Crippen molar-refractivity contribution in [3.63, 3.8) is 0 Å². The number of piperidine rings is 1. The molecule has 1 saturated carbocycles. The van der Waals surface area contributed by atoms with E-state index in [1.165, 1.54) is 0 Å². The highest BCUT2D eigenvalue weighted by Crippen LogP contribution is 2.43. The van der Waals surface area contributed by atoms with Crippen molar-refractivity contribution < 1.29 is 14.7 Å². The summed E-state index contributed by atoms with van der Waals surface area (Å²) in [5.74, 6) is -1.25. The minimum Gasteiger partial charge on any atom is -0.480 e. The van der Waals surface area contributed by atoms with E-state index in [-0.39, 0.29) is 11.9 Å². The molecule has 0 aromatic carbocycles. The highest BCUT2D eigenvalue weighted by atomic mass is 16.4. The number of nitrogens with one attached hydrogen (secondary N) is 1. The predicted molar refractivity (Wildman–Crippen MR) is 35.9 cm³/mol. The van der Waals surface area contributed by atoms with E-state index in [2.05, 4.69) is 5.32 Å². The van der Waals surface area contributed by atoms with E-state index in [1.54, 1.807) is 0 Å². The Labute approximate surface area is 63.6 Å². The predicted octanol–water partition coefficient (Wildman–Crippen LogP) is -0.260. The van der Waals surface area contributed by atoms with E-state index >= 15 is 0 Å². The molecular formula is C7H9NO3. The van der Waals surface area contributed by atoms with Gasteiger partial charge in [0.2, 0.25) is 5.91 Å². The number of hydrogen-bond acceptors (Lipinski definition) is 2. The summed E-state index contributed by atoms with van der Waals surface area (Å²) in [5, 5.41) is 11.5. The Hall–Kier alpha value is -1.06. The minimum atomic E-state index is -1.06. The number of carbonyl (C=O) groups is 2. The lowest BCUT2D eigenvalue weighted by Crippen LogP contribution is -2.41. The van der Waals surface area contributed by atoms with E-state index in [9.17, 15) is 9.59 Å². The Morgan fingerprint density at radius 2 is 2.45 bits per heavy atom. The highest BCUT2D eigenvalue weighted by Gasteiger charge is 2.57. The van der Waals surface area contributed by atoms with E-state index in [0.29, 0.717) is 12.8 Å². The monoisotopic (exact) mass is 155 g/mol. The molecule has 2 N–H and O–H groups in total. The number of carbonyl (C=O) groups excluding carboxylic acids is 1. The topological polar surface area (TPSA) is 66.4 Å². The van der Waals surface area contributed by atoms with Crippen LogP contribution in [0.25, 0.3) is 0 Å². The summed E-state index contributed by atoms with van der Waals surface area (Å²) in [6.07, 6.45) is 1.82. The summed E-state index contributed by atoms with van der Waals surface area (Å²) in [6, 6.07) is 0.124. The van der Waals surface area contributed by atoms with Gasteiger partial charge in [0.1, 0.15) is 5.41 Å². The molecule has 60 valence electrons. The molecule has 1 heterocycles. The second kappa shape index (κ2) is 1.75. The van der Waals surface area contributed by atoms with Crippen molar-refractivity contribution in [3.8, 4) is 0 Å². The van der Waals surface area contributed by atoms with Crippen molar-refractivity contribution in [2.45, 2.75) is 25.3 Å². The second-order valence-corrected chi connectivity index (χ2v) is 3.30. The van der Waals surface area contributed by atoms with Gasteiger partial charge in [0.25, 0.3) is 0 Å². The molecule has 2 unspecified atom stereocenters. The molecule has 2 fully saturated rings. The van der Waals surface area contributed by atoms with Crippen molar-refractivity contribution in [1.82, 2.24) is 5.32 Å². The van der Waals surface area contributed by atoms with Gasteiger partial charge in [-0.1, -0.05) is 0 Å². The van der Waals surface area contributed by atoms with Gasteiger partial charge in [-0.15, -0.1) is 0 Å². The van der Waals surface area contributed by atoms with Gasteiger partial charge < -0.3 is 10.4 Å². The van der Waals surface area contributed by atoms with Crippen molar-refractivity contribution in [1.29, 1.82) is 0 Å². The van der Waals surface area contributed by atoms with Crippen LogP contribution >= 0.6 is 0 Å². The van der Waals surface area contributed by atoms with Gasteiger partial charge in [0, 0.05) is 6.04 Å². The first-order valence-electron chi connectivity index (χ1n) is 3.69. The van der Waals surface area contributed by atoms with Crippen LogP contribution in [0.15, 0.2) is 0 Å². The van der Waals surface area contributed by atoms with Crippen LogP contribution in [0.5, 0.6) is 0 Å². The number of amides is 1. The molecule has 1 saturated heterocycles. The van der Waals surface area contributed by atoms with E-state index in [1.807, 2.05) is 0 Å². The quantitative estimate of drug-likeness (QED) is 0.513. The molecule has 2 rings (SSSR count). The summed E-state index contributed by atoms with van der Waals surface area (Å²) in [4.78, 5) is 21.8. The summed E-state index contributed by atoms with van der Waals surface area (Å²) in [6.45, 7) is 0. The first-order chi connectivity index (χ1) is 5.15. The fraction of sp³-hybridized carbons (Fsp3) is 0.714. The molecule has 0 spiro atoms. The van der Waals surface area contributed by atoms with Crippen molar-refractivity contribution in [2.75, 3.05) is 0 Å². The summed E-state index contributed by atoms with van der Waals surface area (Å²) >= 11 is 0.